The second-order valence-electron chi connectivity index (χ2n) is 4.36. The molecule has 0 heterocycles. The van der Waals surface area contributed by atoms with Crippen LogP contribution in [-0.4, -0.2) is 24.8 Å². The average molecular weight is 193 g/mol. The monoisotopic (exact) mass is 193 g/mol. The van der Waals surface area contributed by atoms with Gasteiger partial charge in [-0.25, -0.2) is 0 Å². The van der Waals surface area contributed by atoms with E-state index in [-0.39, 0.29) is 5.78 Å². The average Bonchev–Trinajstić information content (AvgIpc) is 2.07. The van der Waals surface area contributed by atoms with Crippen molar-refractivity contribution in [1.29, 1.82) is 0 Å². The topological polar surface area (TPSA) is 20.3 Å². The Hall–Kier alpha value is -1.05. The molecule has 0 aromatic rings. The second kappa shape index (κ2) is 4.45. The van der Waals surface area contributed by atoms with Gasteiger partial charge in [-0.1, -0.05) is 25.5 Å². The molecule has 1 aliphatic carbocycles. The van der Waals surface area contributed by atoms with Gasteiger partial charge < -0.3 is 4.90 Å². The van der Waals surface area contributed by atoms with Gasteiger partial charge in [0.25, 0.3) is 0 Å². The van der Waals surface area contributed by atoms with Gasteiger partial charge in [-0.15, -0.1) is 0 Å². The SMILES string of the molecule is CC(C)C1=CCC(=O)C(=CN(C)C)C1. The molecule has 0 saturated heterocycles. The van der Waals surface area contributed by atoms with Gasteiger partial charge in [0.2, 0.25) is 0 Å². The molecular weight excluding hydrogens is 174 g/mol. The number of nitrogens with zero attached hydrogens (tertiary/aromatic N) is 1. The van der Waals surface area contributed by atoms with Crippen LogP contribution < -0.4 is 0 Å². The Morgan fingerprint density at radius 1 is 1.43 bits per heavy atom. The zero-order chi connectivity index (χ0) is 10.7. The lowest BCUT2D eigenvalue weighted by Crippen LogP contribution is -2.14. The highest BCUT2D eigenvalue weighted by atomic mass is 16.1. The molecule has 0 unspecified atom stereocenters. The van der Waals surface area contributed by atoms with E-state index in [1.807, 2.05) is 25.2 Å². The highest BCUT2D eigenvalue weighted by Gasteiger charge is 2.18. The van der Waals surface area contributed by atoms with Crippen LogP contribution in [-0.2, 0) is 4.79 Å². The zero-order valence-electron chi connectivity index (χ0n) is 9.50. The van der Waals surface area contributed by atoms with Crippen LogP contribution >= 0.6 is 0 Å². The Morgan fingerprint density at radius 2 is 2.07 bits per heavy atom. The van der Waals surface area contributed by atoms with Crippen molar-refractivity contribution in [3.05, 3.63) is 23.4 Å². The smallest absolute Gasteiger partial charge is 0.164 e. The molecule has 0 saturated carbocycles. The van der Waals surface area contributed by atoms with Gasteiger partial charge in [0.05, 0.1) is 0 Å². The number of allylic oxidation sites excluding steroid dienone is 3. The minimum Gasteiger partial charge on any atom is -0.383 e. The van der Waals surface area contributed by atoms with E-state index < -0.39 is 0 Å². The lowest BCUT2D eigenvalue weighted by molar-refractivity contribution is -0.115. The van der Waals surface area contributed by atoms with Crippen molar-refractivity contribution in [2.45, 2.75) is 26.7 Å². The number of Topliss-reactive ketones (excluding diaryl/α,β-unsaturated/α-hetero) is 1. The summed E-state index contributed by atoms with van der Waals surface area (Å²) in [7, 11) is 3.90. The van der Waals surface area contributed by atoms with Crippen LogP contribution in [0.1, 0.15) is 26.7 Å². The van der Waals surface area contributed by atoms with Gasteiger partial charge in [-0.2, -0.15) is 0 Å². The lowest BCUT2D eigenvalue weighted by atomic mass is 9.87. The molecule has 1 aliphatic rings. The van der Waals surface area contributed by atoms with Crippen LogP contribution in [0.5, 0.6) is 0 Å². The van der Waals surface area contributed by atoms with Crippen molar-refractivity contribution < 1.29 is 4.79 Å². The van der Waals surface area contributed by atoms with Gasteiger partial charge in [-0.05, 0) is 12.3 Å². The van der Waals surface area contributed by atoms with Gasteiger partial charge in [0.1, 0.15) is 0 Å². The van der Waals surface area contributed by atoms with Gasteiger partial charge in [0, 0.05) is 32.3 Å². The van der Waals surface area contributed by atoms with Crippen LogP contribution in [0.15, 0.2) is 23.4 Å². The van der Waals surface area contributed by atoms with Gasteiger partial charge in [-0.3, -0.25) is 4.79 Å². The summed E-state index contributed by atoms with van der Waals surface area (Å²) in [6, 6.07) is 0. The molecule has 0 bridgehead atoms. The van der Waals surface area contributed by atoms with Crippen LogP contribution in [0.25, 0.3) is 0 Å². The molecule has 0 aliphatic heterocycles. The maximum Gasteiger partial charge on any atom is 0.164 e. The molecule has 0 fully saturated rings. The number of carbonyl (C=O) groups excluding carboxylic acids is 1. The summed E-state index contributed by atoms with van der Waals surface area (Å²) in [5.41, 5.74) is 2.33. The second-order valence-corrected chi connectivity index (χ2v) is 4.36. The van der Waals surface area contributed by atoms with Crippen molar-refractivity contribution in [2.75, 3.05) is 14.1 Å². The Labute approximate surface area is 86.3 Å². The standard InChI is InChI=1S/C12H19NO/c1-9(2)10-5-6-12(14)11(7-10)8-13(3)4/h5,8-9H,6-7H2,1-4H3. The number of rotatable bonds is 2. The summed E-state index contributed by atoms with van der Waals surface area (Å²) in [4.78, 5) is 13.5. The molecule has 0 aromatic heterocycles. The Morgan fingerprint density at radius 3 is 2.57 bits per heavy atom. The normalized spacial score (nSPS) is 20.2. The van der Waals surface area contributed by atoms with Gasteiger partial charge >= 0.3 is 0 Å². The van der Waals surface area contributed by atoms with E-state index in [1.54, 1.807) is 0 Å². The summed E-state index contributed by atoms with van der Waals surface area (Å²) >= 11 is 0. The van der Waals surface area contributed by atoms with Crippen LogP contribution in [0, 0.1) is 5.92 Å². The van der Waals surface area contributed by atoms with E-state index >= 15 is 0 Å². The van der Waals surface area contributed by atoms with E-state index in [9.17, 15) is 4.79 Å². The first-order chi connectivity index (χ1) is 6.50. The first kappa shape index (κ1) is 11.0. The molecule has 0 radical (unpaired) electrons. The van der Waals surface area contributed by atoms with E-state index in [1.165, 1.54) is 5.57 Å². The fraction of sp³-hybridized carbons (Fsp3) is 0.583. The summed E-state index contributed by atoms with van der Waals surface area (Å²) in [5.74, 6) is 0.816. The fourth-order valence-corrected chi connectivity index (χ4v) is 1.61. The Balaban J connectivity index is 2.82. The number of carbonyl (C=O) groups is 1. The quantitative estimate of drug-likeness (QED) is 0.495. The molecule has 0 aromatic carbocycles. The maximum absolute atomic E-state index is 11.6. The summed E-state index contributed by atoms with van der Waals surface area (Å²) in [6.45, 7) is 4.35. The van der Waals surface area contributed by atoms with Crippen molar-refractivity contribution in [3.8, 4) is 0 Å². The summed E-state index contributed by atoms with van der Waals surface area (Å²) in [6.07, 6.45) is 5.43. The third-order valence-corrected chi connectivity index (χ3v) is 2.46. The lowest BCUT2D eigenvalue weighted by Gasteiger charge is -2.19. The van der Waals surface area contributed by atoms with E-state index in [2.05, 4.69) is 19.9 Å². The van der Waals surface area contributed by atoms with Gasteiger partial charge in [0.15, 0.2) is 5.78 Å². The van der Waals surface area contributed by atoms with Crippen molar-refractivity contribution >= 4 is 5.78 Å². The minimum atomic E-state index is 0.267. The molecule has 2 nitrogen and oxygen atoms in total. The third kappa shape index (κ3) is 2.72. The number of hydrogen-bond acceptors (Lipinski definition) is 2. The van der Waals surface area contributed by atoms with Crippen LogP contribution in [0.3, 0.4) is 0 Å². The van der Waals surface area contributed by atoms with E-state index in [0.717, 1.165) is 12.0 Å². The highest BCUT2D eigenvalue weighted by molar-refractivity contribution is 5.97. The van der Waals surface area contributed by atoms with Crippen molar-refractivity contribution in [3.63, 3.8) is 0 Å². The molecular formula is C12H19NO. The first-order valence-corrected chi connectivity index (χ1v) is 5.10. The highest BCUT2D eigenvalue weighted by Crippen LogP contribution is 2.25. The molecule has 14 heavy (non-hydrogen) atoms. The minimum absolute atomic E-state index is 0.267. The number of hydrogen-bond donors (Lipinski definition) is 0. The summed E-state index contributed by atoms with van der Waals surface area (Å²) < 4.78 is 0. The first-order valence-electron chi connectivity index (χ1n) is 5.10. The predicted octanol–water partition coefficient (Wildman–Crippen LogP) is 2.38. The molecule has 2 heteroatoms. The Bertz CT molecular complexity index is 285. The maximum atomic E-state index is 11.6. The molecule has 0 N–H and O–H groups in total. The summed E-state index contributed by atoms with van der Waals surface area (Å²) in [5, 5.41) is 0. The van der Waals surface area contributed by atoms with Crippen molar-refractivity contribution in [1.82, 2.24) is 4.90 Å². The number of ketones is 1. The molecule has 0 spiro atoms. The van der Waals surface area contributed by atoms with E-state index in [0.29, 0.717) is 12.3 Å². The molecule has 0 amide bonds. The predicted molar refractivity (Wildman–Crippen MR) is 58.9 cm³/mol. The fourth-order valence-electron chi connectivity index (χ4n) is 1.61. The van der Waals surface area contributed by atoms with E-state index in [4.69, 9.17) is 0 Å². The largest absolute Gasteiger partial charge is 0.383 e. The van der Waals surface area contributed by atoms with Crippen LogP contribution in [0.4, 0.5) is 0 Å². The molecule has 0 atom stereocenters. The van der Waals surface area contributed by atoms with Crippen molar-refractivity contribution in [2.24, 2.45) is 5.92 Å². The molecule has 1 rings (SSSR count). The van der Waals surface area contributed by atoms with Crippen LogP contribution in [0.2, 0.25) is 0 Å². The zero-order valence-corrected chi connectivity index (χ0v) is 9.50. The molecule has 78 valence electrons. The Kier molecular flexibility index (Phi) is 3.50. The third-order valence-electron chi connectivity index (χ3n) is 2.46.